The van der Waals surface area contributed by atoms with Crippen LogP contribution in [0.2, 0.25) is 0 Å². The fraction of sp³-hybridized carbons (Fsp3) is 0.364. The van der Waals surface area contributed by atoms with E-state index in [4.69, 9.17) is 4.74 Å². The number of urea groups is 1. The lowest BCUT2D eigenvalue weighted by Gasteiger charge is -2.06. The van der Waals surface area contributed by atoms with E-state index in [1.807, 2.05) is 0 Å². The van der Waals surface area contributed by atoms with Crippen molar-refractivity contribution in [3.05, 3.63) is 24.5 Å². The number of hydrogen-bond acceptors (Lipinski definition) is 4. The lowest BCUT2D eigenvalue weighted by molar-refractivity contribution is -0.142. The molecule has 0 fully saturated rings. The van der Waals surface area contributed by atoms with E-state index < -0.39 is 0 Å². The molecule has 0 saturated carbocycles. The average molecular weight is 237 g/mol. The van der Waals surface area contributed by atoms with Gasteiger partial charge in [0.1, 0.15) is 0 Å². The van der Waals surface area contributed by atoms with E-state index in [1.54, 1.807) is 31.5 Å². The van der Waals surface area contributed by atoms with Crippen molar-refractivity contribution in [2.45, 2.75) is 13.3 Å². The molecule has 1 aromatic rings. The van der Waals surface area contributed by atoms with Crippen molar-refractivity contribution < 1.29 is 14.3 Å². The van der Waals surface area contributed by atoms with Crippen molar-refractivity contribution in [1.29, 1.82) is 0 Å². The van der Waals surface area contributed by atoms with Gasteiger partial charge in [0, 0.05) is 24.6 Å². The maximum atomic E-state index is 11.4. The van der Waals surface area contributed by atoms with Gasteiger partial charge in [0.05, 0.1) is 13.0 Å². The first kappa shape index (κ1) is 13.0. The SMILES string of the molecule is CCOC(=O)CCNC(=O)Nc1ccncc1. The molecule has 0 aliphatic rings. The summed E-state index contributed by atoms with van der Waals surface area (Å²) in [5, 5.41) is 5.15. The first-order valence-corrected chi connectivity index (χ1v) is 5.33. The highest BCUT2D eigenvalue weighted by Gasteiger charge is 2.04. The predicted octanol–water partition coefficient (Wildman–Crippen LogP) is 1.16. The third-order valence-electron chi connectivity index (χ3n) is 1.86. The van der Waals surface area contributed by atoms with E-state index >= 15 is 0 Å². The highest BCUT2D eigenvalue weighted by molar-refractivity contribution is 5.89. The molecular formula is C11H15N3O3. The summed E-state index contributed by atoms with van der Waals surface area (Å²) in [6, 6.07) is 2.98. The molecule has 2 amide bonds. The summed E-state index contributed by atoms with van der Waals surface area (Å²) in [5.74, 6) is -0.322. The number of esters is 1. The monoisotopic (exact) mass is 237 g/mol. The maximum Gasteiger partial charge on any atom is 0.319 e. The Kier molecular flexibility index (Phi) is 5.50. The number of carbonyl (C=O) groups is 2. The van der Waals surface area contributed by atoms with Crippen molar-refractivity contribution in [2.24, 2.45) is 0 Å². The summed E-state index contributed by atoms with van der Waals surface area (Å²) in [4.78, 5) is 26.2. The van der Waals surface area contributed by atoms with Crippen LogP contribution in [0.4, 0.5) is 10.5 Å². The Hall–Kier alpha value is -2.11. The lowest BCUT2D eigenvalue weighted by Crippen LogP contribution is -2.30. The maximum absolute atomic E-state index is 11.4. The summed E-state index contributed by atoms with van der Waals surface area (Å²) in [6.45, 7) is 2.33. The van der Waals surface area contributed by atoms with Gasteiger partial charge >= 0.3 is 12.0 Å². The van der Waals surface area contributed by atoms with Gasteiger partial charge in [0.15, 0.2) is 0 Å². The van der Waals surface area contributed by atoms with Gasteiger partial charge in [-0.2, -0.15) is 0 Å². The second kappa shape index (κ2) is 7.21. The standard InChI is InChI=1S/C11H15N3O3/c1-2-17-10(15)5-8-13-11(16)14-9-3-6-12-7-4-9/h3-4,6-7H,2,5,8H2,1H3,(H2,12,13,14,16). The molecule has 0 radical (unpaired) electrons. The summed E-state index contributed by atoms with van der Waals surface area (Å²) in [7, 11) is 0. The Bertz CT molecular complexity index is 367. The van der Waals surface area contributed by atoms with Crippen molar-refractivity contribution in [2.75, 3.05) is 18.5 Å². The number of amides is 2. The van der Waals surface area contributed by atoms with Crippen LogP contribution in [0.3, 0.4) is 0 Å². The molecule has 0 aromatic carbocycles. The molecule has 6 nitrogen and oxygen atoms in total. The van der Waals surface area contributed by atoms with Crippen molar-refractivity contribution in [3.63, 3.8) is 0 Å². The van der Waals surface area contributed by atoms with Crippen LogP contribution < -0.4 is 10.6 Å². The van der Waals surface area contributed by atoms with Crippen LogP contribution in [-0.2, 0) is 9.53 Å². The quantitative estimate of drug-likeness (QED) is 0.753. The van der Waals surface area contributed by atoms with E-state index in [-0.39, 0.29) is 25.0 Å². The highest BCUT2D eigenvalue weighted by atomic mass is 16.5. The average Bonchev–Trinajstić information content (AvgIpc) is 2.30. The van der Waals surface area contributed by atoms with Crippen LogP contribution in [0.5, 0.6) is 0 Å². The zero-order valence-corrected chi connectivity index (χ0v) is 9.60. The topological polar surface area (TPSA) is 80.3 Å². The number of aromatic nitrogens is 1. The number of ether oxygens (including phenoxy) is 1. The molecular weight excluding hydrogens is 222 g/mol. The summed E-state index contributed by atoms with van der Waals surface area (Å²) in [5.41, 5.74) is 0.647. The molecule has 6 heteroatoms. The first-order valence-electron chi connectivity index (χ1n) is 5.33. The molecule has 0 atom stereocenters. The van der Waals surface area contributed by atoms with Crippen LogP contribution in [0.15, 0.2) is 24.5 Å². The highest BCUT2D eigenvalue weighted by Crippen LogP contribution is 2.02. The Morgan fingerprint density at radius 3 is 2.71 bits per heavy atom. The van der Waals surface area contributed by atoms with Crippen LogP contribution in [0, 0.1) is 0 Å². The number of anilines is 1. The van der Waals surface area contributed by atoms with E-state index in [9.17, 15) is 9.59 Å². The van der Waals surface area contributed by atoms with Crippen molar-refractivity contribution >= 4 is 17.7 Å². The Morgan fingerprint density at radius 1 is 1.35 bits per heavy atom. The molecule has 0 aliphatic carbocycles. The number of hydrogen-bond donors (Lipinski definition) is 2. The van der Waals surface area contributed by atoms with Gasteiger partial charge in [-0.15, -0.1) is 0 Å². The minimum absolute atomic E-state index is 0.164. The van der Waals surface area contributed by atoms with Gasteiger partial charge in [0.25, 0.3) is 0 Å². The third-order valence-corrected chi connectivity index (χ3v) is 1.86. The van der Waals surface area contributed by atoms with Crippen molar-refractivity contribution in [3.8, 4) is 0 Å². The summed E-state index contributed by atoms with van der Waals surface area (Å²) in [6.07, 6.45) is 3.32. The molecule has 0 bridgehead atoms. The van der Waals surface area contributed by atoms with E-state index in [2.05, 4.69) is 15.6 Å². The molecule has 17 heavy (non-hydrogen) atoms. The van der Waals surface area contributed by atoms with E-state index in [0.717, 1.165) is 0 Å². The number of nitrogens with one attached hydrogen (secondary N) is 2. The molecule has 1 aromatic heterocycles. The van der Waals surface area contributed by atoms with Crippen LogP contribution in [0.25, 0.3) is 0 Å². The predicted molar refractivity (Wildman–Crippen MR) is 62.5 cm³/mol. The van der Waals surface area contributed by atoms with Gasteiger partial charge < -0.3 is 15.4 Å². The van der Waals surface area contributed by atoms with Crippen LogP contribution in [0.1, 0.15) is 13.3 Å². The number of nitrogens with zero attached hydrogens (tertiary/aromatic N) is 1. The molecule has 92 valence electrons. The Balaban J connectivity index is 2.20. The fourth-order valence-electron chi connectivity index (χ4n) is 1.12. The minimum Gasteiger partial charge on any atom is -0.466 e. The number of pyridine rings is 1. The van der Waals surface area contributed by atoms with E-state index in [0.29, 0.717) is 12.3 Å². The van der Waals surface area contributed by atoms with Gasteiger partial charge in [0.2, 0.25) is 0 Å². The zero-order chi connectivity index (χ0) is 12.5. The molecule has 0 unspecified atom stereocenters. The van der Waals surface area contributed by atoms with E-state index in [1.165, 1.54) is 0 Å². The van der Waals surface area contributed by atoms with Crippen LogP contribution in [-0.4, -0.2) is 30.1 Å². The number of rotatable bonds is 5. The first-order chi connectivity index (χ1) is 8.22. The molecule has 1 rings (SSSR count). The molecule has 2 N–H and O–H groups in total. The smallest absolute Gasteiger partial charge is 0.319 e. The van der Waals surface area contributed by atoms with Crippen LogP contribution >= 0.6 is 0 Å². The van der Waals surface area contributed by atoms with Gasteiger partial charge in [-0.1, -0.05) is 0 Å². The Labute approximate surface area is 99.4 Å². The lowest BCUT2D eigenvalue weighted by atomic mass is 10.4. The molecule has 0 aliphatic heterocycles. The number of carbonyl (C=O) groups excluding carboxylic acids is 2. The molecule has 0 spiro atoms. The normalized spacial score (nSPS) is 9.47. The molecule has 1 heterocycles. The third kappa shape index (κ3) is 5.50. The van der Waals surface area contributed by atoms with Gasteiger partial charge in [-0.05, 0) is 19.1 Å². The Morgan fingerprint density at radius 2 is 2.06 bits per heavy atom. The second-order valence-corrected chi connectivity index (χ2v) is 3.17. The second-order valence-electron chi connectivity index (χ2n) is 3.17. The van der Waals surface area contributed by atoms with Crippen molar-refractivity contribution in [1.82, 2.24) is 10.3 Å². The fourth-order valence-corrected chi connectivity index (χ4v) is 1.12. The summed E-state index contributed by atoms with van der Waals surface area (Å²) >= 11 is 0. The minimum atomic E-state index is -0.361. The summed E-state index contributed by atoms with van der Waals surface area (Å²) < 4.78 is 4.72. The zero-order valence-electron chi connectivity index (χ0n) is 9.60. The molecule has 0 saturated heterocycles. The van der Waals surface area contributed by atoms with Gasteiger partial charge in [-0.25, -0.2) is 4.79 Å². The van der Waals surface area contributed by atoms with Gasteiger partial charge in [-0.3, -0.25) is 9.78 Å². The largest absolute Gasteiger partial charge is 0.466 e.